The van der Waals surface area contributed by atoms with Crippen LogP contribution in [0.5, 0.6) is 11.5 Å². The van der Waals surface area contributed by atoms with Crippen molar-refractivity contribution in [2.24, 2.45) is 0 Å². The molecule has 0 aliphatic carbocycles. The molecule has 1 rings (SSSR count). The first-order valence-electron chi connectivity index (χ1n) is 12.8. The molecule has 0 saturated heterocycles. The molecule has 1 aromatic carbocycles. The molecule has 0 aliphatic rings. The Hall–Kier alpha value is -1.97. The monoisotopic (exact) mass is 445 g/mol. The lowest BCUT2D eigenvalue weighted by Gasteiger charge is -2.11. The number of carbonyl (C=O) groups is 1. The summed E-state index contributed by atoms with van der Waals surface area (Å²) in [7, 11) is 3.30. The Morgan fingerprint density at radius 3 is 2.09 bits per heavy atom. The first-order valence-corrected chi connectivity index (χ1v) is 12.8. The summed E-state index contributed by atoms with van der Waals surface area (Å²) in [6.07, 6.45) is 22.7. The minimum Gasteiger partial charge on any atom is -0.497 e. The Morgan fingerprint density at radius 1 is 0.844 bits per heavy atom. The van der Waals surface area contributed by atoms with Gasteiger partial charge in [-0.25, -0.2) is 0 Å². The zero-order valence-corrected chi connectivity index (χ0v) is 20.9. The van der Waals surface area contributed by atoms with E-state index in [0.717, 1.165) is 36.3 Å². The average Bonchev–Trinajstić information content (AvgIpc) is 2.81. The summed E-state index contributed by atoms with van der Waals surface area (Å²) in [5.41, 5.74) is 1.08. The summed E-state index contributed by atoms with van der Waals surface area (Å²) in [6.45, 7) is 2.90. The number of hydrogen-bond acceptors (Lipinski definition) is 3. The Balaban J connectivity index is 1.95. The van der Waals surface area contributed by atoms with Crippen molar-refractivity contribution in [2.75, 3.05) is 20.8 Å². The predicted molar refractivity (Wildman–Crippen MR) is 136 cm³/mol. The lowest BCUT2D eigenvalue weighted by molar-refractivity contribution is -0.121. The van der Waals surface area contributed by atoms with Crippen molar-refractivity contribution in [1.82, 2.24) is 5.32 Å². The van der Waals surface area contributed by atoms with Gasteiger partial charge in [0, 0.05) is 19.0 Å². The third-order valence-electron chi connectivity index (χ3n) is 5.88. The minimum atomic E-state index is 0.148. The van der Waals surface area contributed by atoms with E-state index in [-0.39, 0.29) is 5.91 Å². The largest absolute Gasteiger partial charge is 0.497 e. The fourth-order valence-corrected chi connectivity index (χ4v) is 3.84. The molecule has 0 unspecified atom stereocenters. The molecule has 32 heavy (non-hydrogen) atoms. The Bertz CT molecular complexity index is 627. The van der Waals surface area contributed by atoms with E-state index in [1.54, 1.807) is 14.2 Å². The number of unbranched alkanes of at least 4 members (excludes halogenated alkanes) is 11. The number of ether oxygens (including phenoxy) is 2. The van der Waals surface area contributed by atoms with E-state index in [0.29, 0.717) is 13.0 Å². The van der Waals surface area contributed by atoms with Gasteiger partial charge in [-0.15, -0.1) is 0 Å². The van der Waals surface area contributed by atoms with Gasteiger partial charge in [-0.3, -0.25) is 4.79 Å². The van der Waals surface area contributed by atoms with Crippen LogP contribution in [0.4, 0.5) is 0 Å². The van der Waals surface area contributed by atoms with Crippen LogP contribution >= 0.6 is 0 Å². The van der Waals surface area contributed by atoms with Crippen LogP contribution in [-0.2, 0) is 11.2 Å². The molecule has 1 N–H and O–H groups in total. The van der Waals surface area contributed by atoms with Gasteiger partial charge in [-0.2, -0.15) is 0 Å². The van der Waals surface area contributed by atoms with Crippen molar-refractivity contribution >= 4 is 5.91 Å². The molecule has 4 nitrogen and oxygen atoms in total. The molecule has 0 aromatic heterocycles. The number of nitrogens with one attached hydrogen (secondary N) is 1. The molecule has 0 fully saturated rings. The van der Waals surface area contributed by atoms with Gasteiger partial charge in [0.25, 0.3) is 0 Å². The Labute approximate surface area is 197 Å². The second-order valence-corrected chi connectivity index (χ2v) is 8.61. The van der Waals surface area contributed by atoms with Gasteiger partial charge in [0.05, 0.1) is 14.2 Å². The van der Waals surface area contributed by atoms with Crippen molar-refractivity contribution in [1.29, 1.82) is 0 Å². The summed E-state index contributed by atoms with van der Waals surface area (Å²) in [5.74, 6) is 1.73. The highest BCUT2D eigenvalue weighted by Crippen LogP contribution is 2.24. The van der Waals surface area contributed by atoms with E-state index in [9.17, 15) is 4.79 Å². The minimum absolute atomic E-state index is 0.148. The molecule has 0 bridgehead atoms. The number of hydrogen-bond donors (Lipinski definition) is 1. The molecule has 1 amide bonds. The molecule has 0 aliphatic heterocycles. The van der Waals surface area contributed by atoms with Crippen LogP contribution < -0.4 is 14.8 Å². The van der Waals surface area contributed by atoms with Crippen LogP contribution in [0.25, 0.3) is 0 Å². The van der Waals surface area contributed by atoms with Crippen molar-refractivity contribution < 1.29 is 14.3 Å². The van der Waals surface area contributed by atoms with Crippen molar-refractivity contribution in [3.8, 4) is 11.5 Å². The zero-order valence-electron chi connectivity index (χ0n) is 20.9. The second kappa shape index (κ2) is 19.7. The average molecular weight is 446 g/mol. The molecule has 182 valence electrons. The van der Waals surface area contributed by atoms with Gasteiger partial charge in [0.2, 0.25) is 5.91 Å². The summed E-state index contributed by atoms with van der Waals surface area (Å²) in [4.78, 5) is 12.1. The fraction of sp³-hybridized carbons (Fsp3) is 0.679. The maximum Gasteiger partial charge on any atom is 0.220 e. The van der Waals surface area contributed by atoms with E-state index in [1.807, 2.05) is 18.2 Å². The highest BCUT2D eigenvalue weighted by molar-refractivity contribution is 5.75. The number of benzene rings is 1. The number of carbonyl (C=O) groups excluding carboxylic acids is 1. The lowest BCUT2D eigenvalue weighted by atomic mass is 10.1. The predicted octanol–water partition coefficient (Wildman–Crippen LogP) is 7.40. The van der Waals surface area contributed by atoms with Crippen molar-refractivity contribution in [3.05, 3.63) is 35.9 Å². The quantitative estimate of drug-likeness (QED) is 0.168. The molecule has 0 saturated carbocycles. The summed E-state index contributed by atoms with van der Waals surface area (Å²) in [6, 6.07) is 5.79. The third kappa shape index (κ3) is 14.2. The van der Waals surface area contributed by atoms with E-state index in [1.165, 1.54) is 70.6 Å². The van der Waals surface area contributed by atoms with Crippen molar-refractivity contribution in [2.45, 2.75) is 103 Å². The second-order valence-electron chi connectivity index (χ2n) is 8.61. The van der Waals surface area contributed by atoms with Gasteiger partial charge in [0.15, 0.2) is 0 Å². The SMILES string of the molecule is CCCCCCCC/C=C\CCCCCCCC(=O)NCCc1ccc(OC)cc1OC. The maximum absolute atomic E-state index is 12.1. The van der Waals surface area contributed by atoms with E-state index >= 15 is 0 Å². The van der Waals surface area contributed by atoms with Crippen LogP contribution in [0.15, 0.2) is 30.4 Å². The zero-order chi connectivity index (χ0) is 23.3. The normalized spacial score (nSPS) is 11.1. The van der Waals surface area contributed by atoms with E-state index in [4.69, 9.17) is 9.47 Å². The first-order chi connectivity index (χ1) is 15.7. The molecule has 0 heterocycles. The van der Waals surface area contributed by atoms with E-state index in [2.05, 4.69) is 24.4 Å². The molecular formula is C28H47NO3. The molecular weight excluding hydrogens is 398 g/mol. The van der Waals surface area contributed by atoms with Crippen LogP contribution in [0.2, 0.25) is 0 Å². The number of allylic oxidation sites excluding steroid dienone is 2. The third-order valence-corrected chi connectivity index (χ3v) is 5.88. The Morgan fingerprint density at radius 2 is 1.47 bits per heavy atom. The number of rotatable bonds is 20. The van der Waals surface area contributed by atoms with Gasteiger partial charge in [0.1, 0.15) is 11.5 Å². The van der Waals surface area contributed by atoms with Crippen LogP contribution in [0.3, 0.4) is 0 Å². The molecule has 4 heteroatoms. The molecule has 0 spiro atoms. The maximum atomic E-state index is 12.1. The lowest BCUT2D eigenvalue weighted by Crippen LogP contribution is -2.25. The highest BCUT2D eigenvalue weighted by atomic mass is 16.5. The smallest absolute Gasteiger partial charge is 0.220 e. The van der Waals surface area contributed by atoms with Gasteiger partial charge < -0.3 is 14.8 Å². The fourth-order valence-electron chi connectivity index (χ4n) is 3.84. The summed E-state index contributed by atoms with van der Waals surface area (Å²) in [5, 5.41) is 3.03. The first kappa shape index (κ1) is 28.1. The summed E-state index contributed by atoms with van der Waals surface area (Å²) >= 11 is 0. The molecule has 0 radical (unpaired) electrons. The van der Waals surface area contributed by atoms with Crippen molar-refractivity contribution in [3.63, 3.8) is 0 Å². The standard InChI is InChI=1S/C28H47NO3/c1-4-5-6-7-8-9-10-11-12-13-14-15-16-17-18-19-28(30)29-23-22-25-20-21-26(31-2)24-27(25)32-3/h11-12,20-21,24H,4-10,13-19,22-23H2,1-3H3,(H,29,30)/b12-11-. The van der Waals surface area contributed by atoms with Crippen LogP contribution in [0, 0.1) is 0 Å². The number of amides is 1. The van der Waals surface area contributed by atoms with E-state index < -0.39 is 0 Å². The molecule has 1 aromatic rings. The number of methoxy groups -OCH3 is 2. The van der Waals surface area contributed by atoms with Gasteiger partial charge in [-0.1, -0.05) is 76.5 Å². The molecule has 0 atom stereocenters. The van der Waals surface area contributed by atoms with Crippen LogP contribution in [-0.4, -0.2) is 26.7 Å². The van der Waals surface area contributed by atoms with Crippen LogP contribution in [0.1, 0.15) is 102 Å². The topological polar surface area (TPSA) is 47.6 Å². The Kier molecular flexibility index (Phi) is 17.3. The summed E-state index contributed by atoms with van der Waals surface area (Å²) < 4.78 is 10.6. The van der Waals surface area contributed by atoms with Gasteiger partial charge >= 0.3 is 0 Å². The van der Waals surface area contributed by atoms with Gasteiger partial charge in [-0.05, 0) is 50.2 Å². The highest BCUT2D eigenvalue weighted by Gasteiger charge is 2.06.